The predicted molar refractivity (Wildman–Crippen MR) is 85.2 cm³/mol. The molecule has 0 aliphatic rings. The highest BCUT2D eigenvalue weighted by atomic mass is 15.2. The fourth-order valence-corrected chi connectivity index (χ4v) is 2.55. The first kappa shape index (κ1) is 13.8. The minimum absolute atomic E-state index is 0.968. The number of benzene rings is 1. The molecule has 0 unspecified atom stereocenters. The van der Waals surface area contributed by atoms with Gasteiger partial charge in [0.25, 0.3) is 0 Å². The van der Waals surface area contributed by atoms with Crippen LogP contribution < -0.4 is 5.32 Å². The zero-order valence-electron chi connectivity index (χ0n) is 12.3. The van der Waals surface area contributed by atoms with Gasteiger partial charge in [0.1, 0.15) is 0 Å². The summed E-state index contributed by atoms with van der Waals surface area (Å²) in [7, 11) is 1.95. The summed E-state index contributed by atoms with van der Waals surface area (Å²) in [5.74, 6) is 0. The lowest BCUT2D eigenvalue weighted by Crippen LogP contribution is -2.20. The average molecular weight is 280 g/mol. The summed E-state index contributed by atoms with van der Waals surface area (Å²) in [4.78, 5) is 4.49. The van der Waals surface area contributed by atoms with Crippen LogP contribution in [0.5, 0.6) is 0 Å². The van der Waals surface area contributed by atoms with Crippen molar-refractivity contribution in [3.8, 4) is 0 Å². The molecule has 0 amide bonds. The molecule has 2 heterocycles. The van der Waals surface area contributed by atoms with Crippen LogP contribution in [-0.4, -0.2) is 27.9 Å². The van der Waals surface area contributed by atoms with Gasteiger partial charge in [-0.2, -0.15) is 5.10 Å². The molecule has 0 fully saturated rings. The van der Waals surface area contributed by atoms with Crippen molar-refractivity contribution in [3.63, 3.8) is 0 Å². The van der Waals surface area contributed by atoms with Crippen molar-refractivity contribution in [3.05, 3.63) is 60.0 Å². The first-order valence-electron chi connectivity index (χ1n) is 7.34. The van der Waals surface area contributed by atoms with E-state index in [4.69, 9.17) is 0 Å². The van der Waals surface area contributed by atoms with Crippen LogP contribution >= 0.6 is 0 Å². The molecule has 2 aromatic heterocycles. The maximum atomic E-state index is 4.49. The summed E-state index contributed by atoms with van der Waals surface area (Å²) >= 11 is 0. The fraction of sp³-hybridized carbons (Fsp3) is 0.294. The molecule has 108 valence electrons. The number of nitrogens with one attached hydrogen (secondary N) is 1. The number of hydrogen-bond donors (Lipinski definition) is 1. The molecule has 0 radical (unpaired) electrons. The second-order valence-corrected chi connectivity index (χ2v) is 5.26. The van der Waals surface area contributed by atoms with Gasteiger partial charge in [-0.3, -0.25) is 9.67 Å². The molecule has 1 N–H and O–H groups in total. The van der Waals surface area contributed by atoms with E-state index >= 15 is 0 Å². The Morgan fingerprint density at radius 3 is 2.81 bits per heavy atom. The smallest absolute Gasteiger partial charge is 0.0734 e. The van der Waals surface area contributed by atoms with Crippen LogP contribution in [0.1, 0.15) is 11.1 Å². The van der Waals surface area contributed by atoms with Crippen LogP contribution in [0.4, 0.5) is 0 Å². The lowest BCUT2D eigenvalue weighted by atomic mass is 10.1. The maximum absolute atomic E-state index is 4.49. The SMILES string of the molecule is Cn1cc(CCNCCc2cccc3cccnc23)cn1. The molecule has 3 rings (SSSR count). The Morgan fingerprint density at radius 2 is 1.95 bits per heavy atom. The summed E-state index contributed by atoms with van der Waals surface area (Å²) in [6.45, 7) is 1.94. The topological polar surface area (TPSA) is 42.7 Å². The number of fused-ring (bicyclic) bond motifs is 1. The summed E-state index contributed by atoms with van der Waals surface area (Å²) in [5.41, 5.74) is 3.70. The zero-order valence-corrected chi connectivity index (χ0v) is 12.3. The normalized spacial score (nSPS) is 11.1. The fourth-order valence-electron chi connectivity index (χ4n) is 2.55. The van der Waals surface area contributed by atoms with E-state index in [0.29, 0.717) is 0 Å². The molecular formula is C17H20N4. The van der Waals surface area contributed by atoms with Crippen molar-refractivity contribution in [2.45, 2.75) is 12.8 Å². The highest BCUT2D eigenvalue weighted by Gasteiger charge is 2.01. The van der Waals surface area contributed by atoms with Crippen molar-refractivity contribution in [2.24, 2.45) is 7.05 Å². The van der Waals surface area contributed by atoms with E-state index < -0.39 is 0 Å². The number of nitrogens with zero attached hydrogens (tertiary/aromatic N) is 3. The van der Waals surface area contributed by atoms with Gasteiger partial charge in [0.05, 0.1) is 11.7 Å². The van der Waals surface area contributed by atoms with Crippen molar-refractivity contribution in [1.82, 2.24) is 20.1 Å². The van der Waals surface area contributed by atoms with Crippen LogP contribution in [0.25, 0.3) is 10.9 Å². The molecule has 0 saturated carbocycles. The first-order valence-corrected chi connectivity index (χ1v) is 7.34. The lowest BCUT2D eigenvalue weighted by Gasteiger charge is -2.06. The maximum Gasteiger partial charge on any atom is 0.0734 e. The first-order chi connectivity index (χ1) is 10.3. The molecule has 0 bridgehead atoms. The largest absolute Gasteiger partial charge is 0.316 e. The lowest BCUT2D eigenvalue weighted by molar-refractivity contribution is 0.682. The quantitative estimate of drug-likeness (QED) is 0.705. The van der Waals surface area contributed by atoms with Gasteiger partial charge in [-0.15, -0.1) is 0 Å². The number of para-hydroxylation sites is 1. The van der Waals surface area contributed by atoms with Gasteiger partial charge >= 0.3 is 0 Å². The second kappa shape index (κ2) is 6.50. The zero-order chi connectivity index (χ0) is 14.5. The summed E-state index contributed by atoms with van der Waals surface area (Å²) < 4.78 is 1.84. The van der Waals surface area contributed by atoms with Crippen molar-refractivity contribution in [1.29, 1.82) is 0 Å². The van der Waals surface area contributed by atoms with E-state index in [1.165, 1.54) is 16.5 Å². The molecular weight excluding hydrogens is 260 g/mol. The van der Waals surface area contributed by atoms with Crippen LogP contribution in [-0.2, 0) is 19.9 Å². The molecule has 21 heavy (non-hydrogen) atoms. The van der Waals surface area contributed by atoms with Gasteiger partial charge in [0.2, 0.25) is 0 Å². The van der Waals surface area contributed by atoms with Crippen molar-refractivity contribution in [2.75, 3.05) is 13.1 Å². The Balaban J connectivity index is 1.50. The number of hydrogen-bond acceptors (Lipinski definition) is 3. The van der Waals surface area contributed by atoms with E-state index in [1.54, 1.807) is 0 Å². The number of aromatic nitrogens is 3. The third-order valence-corrected chi connectivity index (χ3v) is 3.64. The highest BCUT2D eigenvalue weighted by Crippen LogP contribution is 2.15. The Morgan fingerprint density at radius 1 is 1.10 bits per heavy atom. The number of aryl methyl sites for hydroxylation is 1. The standard InChI is InChI=1S/C17H20N4/c1-21-13-14(12-20-21)7-10-18-11-8-16-5-2-4-15-6-3-9-19-17(15)16/h2-6,9,12-13,18H,7-8,10-11H2,1H3. The average Bonchev–Trinajstić information content (AvgIpc) is 2.92. The van der Waals surface area contributed by atoms with Crippen molar-refractivity contribution < 1.29 is 0 Å². The van der Waals surface area contributed by atoms with E-state index in [1.807, 2.05) is 30.2 Å². The predicted octanol–water partition coefficient (Wildman–Crippen LogP) is 2.34. The van der Waals surface area contributed by atoms with Gasteiger partial charge in [0, 0.05) is 24.8 Å². The molecule has 0 saturated heterocycles. The number of rotatable bonds is 6. The molecule has 0 aliphatic heterocycles. The van der Waals surface area contributed by atoms with Gasteiger partial charge in [-0.25, -0.2) is 0 Å². The minimum Gasteiger partial charge on any atom is -0.316 e. The molecule has 0 atom stereocenters. The molecule has 1 aromatic carbocycles. The van der Waals surface area contributed by atoms with E-state index in [0.717, 1.165) is 31.4 Å². The van der Waals surface area contributed by atoms with Gasteiger partial charge in [0.15, 0.2) is 0 Å². The summed E-state index contributed by atoms with van der Waals surface area (Å²) in [6.07, 6.45) is 7.87. The van der Waals surface area contributed by atoms with E-state index in [9.17, 15) is 0 Å². The van der Waals surface area contributed by atoms with Crippen molar-refractivity contribution >= 4 is 10.9 Å². The number of pyridine rings is 1. The van der Waals surface area contributed by atoms with Crippen LogP contribution in [0, 0.1) is 0 Å². The van der Waals surface area contributed by atoms with Crippen LogP contribution in [0.15, 0.2) is 48.9 Å². The monoisotopic (exact) mass is 280 g/mol. The van der Waals surface area contributed by atoms with Crippen LogP contribution in [0.2, 0.25) is 0 Å². The summed E-state index contributed by atoms with van der Waals surface area (Å²) in [6, 6.07) is 10.5. The van der Waals surface area contributed by atoms with E-state index in [2.05, 4.69) is 45.9 Å². The van der Waals surface area contributed by atoms with Gasteiger partial charge in [-0.05, 0) is 43.1 Å². The Kier molecular flexibility index (Phi) is 4.26. The Labute approximate surface area is 124 Å². The van der Waals surface area contributed by atoms with E-state index in [-0.39, 0.29) is 0 Å². The third-order valence-electron chi connectivity index (χ3n) is 3.64. The van der Waals surface area contributed by atoms with Gasteiger partial charge < -0.3 is 5.32 Å². The molecule has 0 spiro atoms. The molecule has 4 nitrogen and oxygen atoms in total. The highest BCUT2D eigenvalue weighted by molar-refractivity contribution is 5.81. The van der Waals surface area contributed by atoms with Gasteiger partial charge in [-0.1, -0.05) is 24.3 Å². The second-order valence-electron chi connectivity index (χ2n) is 5.26. The molecule has 4 heteroatoms. The Bertz CT molecular complexity index is 712. The molecule has 3 aromatic rings. The third kappa shape index (κ3) is 3.47. The Hall–Kier alpha value is -2.20. The minimum atomic E-state index is 0.968. The van der Waals surface area contributed by atoms with Crippen LogP contribution in [0.3, 0.4) is 0 Å². The molecule has 0 aliphatic carbocycles. The summed E-state index contributed by atoms with van der Waals surface area (Å²) in [5, 5.41) is 8.88.